The largest absolute Gasteiger partial charge is 0.340 e. The van der Waals surface area contributed by atoms with Gasteiger partial charge in [0.15, 0.2) is 9.84 Å². The molecule has 170 valence electrons. The lowest BCUT2D eigenvalue weighted by atomic mass is 9.89. The SMILES string of the molecule is CC(C)c1cc(C(C)C)c(S(=O)(=O)CN2CCN(C(=O)CCN)CC2)c(C(C)C)c1. The van der Waals surface area contributed by atoms with Gasteiger partial charge in [0.25, 0.3) is 0 Å². The Labute approximate surface area is 182 Å². The van der Waals surface area contributed by atoms with Crippen LogP contribution in [-0.4, -0.2) is 62.7 Å². The number of hydrogen-bond donors (Lipinski definition) is 1. The van der Waals surface area contributed by atoms with E-state index in [0.29, 0.717) is 50.0 Å². The molecule has 0 unspecified atom stereocenters. The fraction of sp³-hybridized carbons (Fsp3) is 0.696. The summed E-state index contributed by atoms with van der Waals surface area (Å²) in [6.45, 7) is 15.1. The predicted molar refractivity (Wildman–Crippen MR) is 123 cm³/mol. The summed E-state index contributed by atoms with van der Waals surface area (Å²) >= 11 is 0. The molecule has 1 amide bonds. The minimum atomic E-state index is -3.50. The lowest BCUT2D eigenvalue weighted by Gasteiger charge is -2.35. The molecule has 2 N–H and O–H groups in total. The van der Waals surface area contributed by atoms with Gasteiger partial charge in [-0.2, -0.15) is 0 Å². The molecular weight excluding hydrogens is 398 g/mol. The summed E-state index contributed by atoms with van der Waals surface area (Å²) in [5.74, 6) is 0.629. The Kier molecular flexibility index (Phi) is 8.48. The minimum absolute atomic E-state index is 0.00755. The van der Waals surface area contributed by atoms with E-state index in [1.54, 1.807) is 4.90 Å². The lowest BCUT2D eigenvalue weighted by Crippen LogP contribution is -2.50. The van der Waals surface area contributed by atoms with Crippen molar-refractivity contribution in [3.63, 3.8) is 0 Å². The molecule has 0 saturated carbocycles. The number of nitrogens with zero attached hydrogens (tertiary/aromatic N) is 2. The highest BCUT2D eigenvalue weighted by molar-refractivity contribution is 7.91. The Morgan fingerprint density at radius 3 is 1.83 bits per heavy atom. The van der Waals surface area contributed by atoms with E-state index in [9.17, 15) is 13.2 Å². The van der Waals surface area contributed by atoms with Crippen molar-refractivity contribution in [2.24, 2.45) is 5.73 Å². The second-order valence-corrected chi connectivity index (χ2v) is 11.2. The third kappa shape index (κ3) is 5.83. The van der Waals surface area contributed by atoms with Crippen LogP contribution in [-0.2, 0) is 14.6 Å². The highest BCUT2D eigenvalue weighted by Crippen LogP contribution is 2.36. The Morgan fingerprint density at radius 1 is 0.933 bits per heavy atom. The van der Waals surface area contributed by atoms with Crippen LogP contribution < -0.4 is 5.73 Å². The van der Waals surface area contributed by atoms with Gasteiger partial charge in [0.2, 0.25) is 5.91 Å². The van der Waals surface area contributed by atoms with Gasteiger partial charge >= 0.3 is 0 Å². The van der Waals surface area contributed by atoms with Crippen molar-refractivity contribution in [3.05, 3.63) is 28.8 Å². The fourth-order valence-corrected chi connectivity index (χ4v) is 6.14. The first-order valence-corrected chi connectivity index (χ1v) is 12.7. The molecule has 0 bridgehead atoms. The van der Waals surface area contributed by atoms with Gasteiger partial charge in [0, 0.05) is 39.1 Å². The van der Waals surface area contributed by atoms with E-state index in [1.165, 1.54) is 5.56 Å². The highest BCUT2D eigenvalue weighted by Gasteiger charge is 2.30. The molecule has 1 fully saturated rings. The first kappa shape index (κ1) is 24.8. The van der Waals surface area contributed by atoms with Crippen molar-refractivity contribution in [1.82, 2.24) is 9.80 Å². The maximum atomic E-state index is 13.6. The van der Waals surface area contributed by atoms with Crippen LogP contribution in [0.25, 0.3) is 0 Å². The molecule has 0 atom stereocenters. The molecule has 1 saturated heterocycles. The number of nitrogens with two attached hydrogens (primary N) is 1. The molecule has 1 aromatic rings. The van der Waals surface area contributed by atoms with Crippen LogP contribution in [0.2, 0.25) is 0 Å². The quantitative estimate of drug-likeness (QED) is 0.675. The summed E-state index contributed by atoms with van der Waals surface area (Å²) in [6.07, 6.45) is 0.343. The van der Waals surface area contributed by atoms with Crippen molar-refractivity contribution < 1.29 is 13.2 Å². The van der Waals surface area contributed by atoms with E-state index in [2.05, 4.69) is 53.7 Å². The molecule has 1 aliphatic rings. The topological polar surface area (TPSA) is 83.7 Å². The second-order valence-electron chi connectivity index (χ2n) is 9.27. The van der Waals surface area contributed by atoms with Gasteiger partial charge in [-0.1, -0.05) is 53.7 Å². The number of piperazine rings is 1. The zero-order valence-corrected chi connectivity index (χ0v) is 20.3. The molecule has 0 aliphatic carbocycles. The smallest absolute Gasteiger partial charge is 0.223 e. The first-order chi connectivity index (χ1) is 14.0. The molecule has 0 aromatic heterocycles. The predicted octanol–water partition coefficient (Wildman–Crippen LogP) is 3.28. The number of amides is 1. The van der Waals surface area contributed by atoms with Crippen molar-refractivity contribution >= 4 is 15.7 Å². The molecule has 0 radical (unpaired) electrons. The molecule has 1 aliphatic heterocycles. The van der Waals surface area contributed by atoms with E-state index in [1.807, 2.05) is 4.90 Å². The lowest BCUT2D eigenvalue weighted by molar-refractivity contribution is -0.132. The van der Waals surface area contributed by atoms with Crippen molar-refractivity contribution in [2.75, 3.05) is 38.6 Å². The van der Waals surface area contributed by atoms with Crippen LogP contribution in [0.15, 0.2) is 17.0 Å². The Morgan fingerprint density at radius 2 is 1.43 bits per heavy atom. The molecule has 30 heavy (non-hydrogen) atoms. The third-order valence-electron chi connectivity index (χ3n) is 5.83. The van der Waals surface area contributed by atoms with Crippen molar-refractivity contribution in [1.29, 1.82) is 0 Å². The van der Waals surface area contributed by atoms with Crippen LogP contribution in [0.3, 0.4) is 0 Å². The van der Waals surface area contributed by atoms with Crippen LogP contribution in [0.1, 0.15) is 82.4 Å². The fourth-order valence-electron chi connectivity index (χ4n) is 3.96. The summed E-state index contributed by atoms with van der Waals surface area (Å²) in [4.78, 5) is 16.3. The second kappa shape index (κ2) is 10.2. The highest BCUT2D eigenvalue weighted by atomic mass is 32.2. The van der Waals surface area contributed by atoms with E-state index < -0.39 is 9.84 Å². The molecule has 6 nitrogen and oxygen atoms in total. The molecular formula is C23H39N3O3S. The Hall–Kier alpha value is -1.44. The minimum Gasteiger partial charge on any atom is -0.340 e. The Balaban J connectivity index is 2.32. The van der Waals surface area contributed by atoms with Gasteiger partial charge in [-0.15, -0.1) is 0 Å². The van der Waals surface area contributed by atoms with Gasteiger partial charge in [-0.05, 0) is 34.4 Å². The van der Waals surface area contributed by atoms with Crippen molar-refractivity contribution in [3.8, 4) is 0 Å². The zero-order chi connectivity index (χ0) is 22.6. The first-order valence-electron chi connectivity index (χ1n) is 11.1. The summed E-state index contributed by atoms with van der Waals surface area (Å²) in [5, 5.41) is 0. The van der Waals surface area contributed by atoms with Gasteiger partial charge in [-0.3, -0.25) is 9.69 Å². The molecule has 2 rings (SSSR count). The number of carbonyl (C=O) groups excluding carboxylic acids is 1. The number of rotatable bonds is 8. The van der Waals surface area contributed by atoms with Gasteiger partial charge in [0.05, 0.1) is 4.90 Å². The maximum Gasteiger partial charge on any atom is 0.223 e. The summed E-state index contributed by atoms with van der Waals surface area (Å²) < 4.78 is 27.2. The van der Waals surface area contributed by atoms with Gasteiger partial charge in [0.1, 0.15) is 5.88 Å². The molecule has 1 aromatic carbocycles. The summed E-state index contributed by atoms with van der Waals surface area (Å²) in [5.41, 5.74) is 8.50. The average Bonchev–Trinajstić information content (AvgIpc) is 2.67. The van der Waals surface area contributed by atoms with Crippen LogP contribution in [0, 0.1) is 0 Å². The van der Waals surface area contributed by atoms with Crippen LogP contribution in [0.5, 0.6) is 0 Å². The summed E-state index contributed by atoms with van der Waals surface area (Å²) in [7, 11) is -3.50. The number of carbonyl (C=O) groups is 1. The standard InChI is InChI=1S/C23H39N3O3S/c1-16(2)19-13-20(17(3)4)23(21(14-19)18(5)6)30(28,29)15-25-9-11-26(12-10-25)22(27)7-8-24/h13-14,16-18H,7-12,15,24H2,1-6H3. The number of hydrogen-bond acceptors (Lipinski definition) is 5. The van der Waals surface area contributed by atoms with E-state index in [-0.39, 0.29) is 23.6 Å². The molecule has 0 spiro atoms. The van der Waals surface area contributed by atoms with Crippen LogP contribution >= 0.6 is 0 Å². The van der Waals surface area contributed by atoms with E-state index in [4.69, 9.17) is 5.73 Å². The monoisotopic (exact) mass is 437 g/mol. The summed E-state index contributed by atoms with van der Waals surface area (Å²) in [6, 6.07) is 4.16. The normalized spacial score (nSPS) is 16.1. The van der Waals surface area contributed by atoms with E-state index in [0.717, 1.165) is 11.1 Å². The third-order valence-corrected chi connectivity index (χ3v) is 7.62. The maximum absolute atomic E-state index is 13.6. The zero-order valence-electron chi connectivity index (χ0n) is 19.4. The molecule has 1 heterocycles. The molecule has 7 heteroatoms. The van der Waals surface area contributed by atoms with Gasteiger partial charge in [-0.25, -0.2) is 8.42 Å². The number of sulfone groups is 1. The van der Waals surface area contributed by atoms with Crippen molar-refractivity contribution in [2.45, 2.75) is 70.6 Å². The number of benzene rings is 1. The van der Waals surface area contributed by atoms with E-state index >= 15 is 0 Å². The average molecular weight is 438 g/mol. The van der Waals surface area contributed by atoms with Crippen LogP contribution in [0.4, 0.5) is 0 Å². The van der Waals surface area contributed by atoms with Gasteiger partial charge < -0.3 is 10.6 Å². The Bertz CT molecular complexity index is 810.